The molecule has 0 spiro atoms. The van der Waals surface area contributed by atoms with E-state index in [2.05, 4.69) is 44.5 Å². The lowest BCUT2D eigenvalue weighted by Gasteiger charge is -2.20. The monoisotopic (exact) mass is 514 g/mol. The fourth-order valence-electron chi connectivity index (χ4n) is 4.06. The summed E-state index contributed by atoms with van der Waals surface area (Å²) in [5, 5.41) is 6.87. The number of likely N-dealkylation sites (tertiary alicyclic amines) is 1. The van der Waals surface area contributed by atoms with Crippen molar-refractivity contribution in [1.29, 1.82) is 0 Å². The number of hydrogen-bond acceptors (Lipinski definition) is 4. The summed E-state index contributed by atoms with van der Waals surface area (Å²) >= 11 is 0. The summed E-state index contributed by atoms with van der Waals surface area (Å²) in [6, 6.07) is 4.27. The van der Waals surface area contributed by atoms with Gasteiger partial charge in [-0.15, -0.1) is 24.0 Å². The number of rotatable bonds is 8. The van der Waals surface area contributed by atoms with Gasteiger partial charge >= 0.3 is 0 Å². The number of hydrogen-bond donors (Lipinski definition) is 2. The molecule has 0 aliphatic carbocycles. The molecule has 0 radical (unpaired) electrons. The van der Waals surface area contributed by atoms with Crippen LogP contribution >= 0.6 is 24.0 Å². The second-order valence-corrected chi connectivity index (χ2v) is 7.95. The molecule has 3 heterocycles. The predicted octanol–water partition coefficient (Wildman–Crippen LogP) is 3.62. The van der Waals surface area contributed by atoms with Crippen molar-refractivity contribution in [2.45, 2.75) is 58.4 Å². The number of pyridine rings is 1. The molecule has 0 saturated carbocycles. The molecule has 2 saturated heterocycles. The van der Waals surface area contributed by atoms with Crippen molar-refractivity contribution >= 4 is 35.8 Å². The van der Waals surface area contributed by atoms with Crippen LogP contribution in [0.4, 0.5) is 5.82 Å². The molecule has 2 aliphatic rings. The standard InChI is InChI=1S/C22H38N6.HI/c1-2-23-22(25-11-9-15-27-13-5-3-4-6-14-27)26-19-20-10-12-24-21(18-20)28-16-7-8-17-28;/h10,12,18H,2-9,11,13-17,19H2,1H3,(H2,23,25,26);1H. The van der Waals surface area contributed by atoms with Gasteiger partial charge in [0.15, 0.2) is 5.96 Å². The number of nitrogens with one attached hydrogen (secondary N) is 2. The van der Waals surface area contributed by atoms with Crippen molar-refractivity contribution in [3.8, 4) is 0 Å². The van der Waals surface area contributed by atoms with Crippen LogP contribution in [-0.4, -0.2) is 61.7 Å². The van der Waals surface area contributed by atoms with E-state index < -0.39 is 0 Å². The van der Waals surface area contributed by atoms with Gasteiger partial charge in [-0.05, 0) is 76.4 Å². The van der Waals surface area contributed by atoms with Crippen molar-refractivity contribution in [3.63, 3.8) is 0 Å². The molecule has 3 rings (SSSR count). The van der Waals surface area contributed by atoms with Crippen LogP contribution < -0.4 is 15.5 Å². The van der Waals surface area contributed by atoms with Gasteiger partial charge in [-0.25, -0.2) is 9.98 Å². The molecule has 2 fully saturated rings. The Morgan fingerprint density at radius 1 is 1.03 bits per heavy atom. The van der Waals surface area contributed by atoms with Crippen LogP contribution in [0.2, 0.25) is 0 Å². The zero-order valence-corrected chi connectivity index (χ0v) is 20.4. The Hall–Kier alpha value is -1.09. The molecule has 7 heteroatoms. The van der Waals surface area contributed by atoms with Crippen molar-refractivity contribution in [2.75, 3.05) is 50.7 Å². The molecular weight excluding hydrogens is 475 g/mol. The second-order valence-electron chi connectivity index (χ2n) is 7.95. The SMILES string of the molecule is CCNC(=NCc1ccnc(N2CCCC2)c1)NCCCN1CCCCCC1.I. The minimum absolute atomic E-state index is 0. The van der Waals surface area contributed by atoms with Gasteiger partial charge in [0.2, 0.25) is 0 Å². The average Bonchev–Trinajstić information content (AvgIpc) is 3.14. The van der Waals surface area contributed by atoms with E-state index in [1.54, 1.807) is 0 Å². The van der Waals surface area contributed by atoms with E-state index in [9.17, 15) is 0 Å². The third-order valence-corrected chi connectivity index (χ3v) is 5.65. The molecule has 0 unspecified atom stereocenters. The first-order valence-electron chi connectivity index (χ1n) is 11.3. The van der Waals surface area contributed by atoms with Gasteiger partial charge in [0.05, 0.1) is 6.54 Å². The molecule has 6 nitrogen and oxygen atoms in total. The van der Waals surface area contributed by atoms with Crippen LogP contribution in [0, 0.1) is 0 Å². The first-order valence-corrected chi connectivity index (χ1v) is 11.3. The van der Waals surface area contributed by atoms with Crippen molar-refractivity contribution in [2.24, 2.45) is 4.99 Å². The maximum absolute atomic E-state index is 4.79. The first kappa shape index (κ1) is 24.2. The second kappa shape index (κ2) is 14.0. The van der Waals surface area contributed by atoms with E-state index in [1.165, 1.54) is 70.1 Å². The maximum Gasteiger partial charge on any atom is 0.191 e. The molecule has 0 bridgehead atoms. The lowest BCUT2D eigenvalue weighted by molar-refractivity contribution is 0.282. The third-order valence-electron chi connectivity index (χ3n) is 5.65. The molecule has 0 amide bonds. The van der Waals surface area contributed by atoms with Crippen LogP contribution in [0.15, 0.2) is 23.3 Å². The van der Waals surface area contributed by atoms with Gasteiger partial charge in [-0.2, -0.15) is 0 Å². The highest BCUT2D eigenvalue weighted by Gasteiger charge is 2.13. The molecule has 1 aromatic rings. The Labute approximate surface area is 194 Å². The van der Waals surface area contributed by atoms with Crippen LogP contribution in [-0.2, 0) is 6.54 Å². The number of anilines is 1. The van der Waals surface area contributed by atoms with Crippen molar-refractivity contribution in [3.05, 3.63) is 23.9 Å². The van der Waals surface area contributed by atoms with Gasteiger partial charge in [0.25, 0.3) is 0 Å². The maximum atomic E-state index is 4.79. The molecule has 2 aliphatic heterocycles. The highest BCUT2D eigenvalue weighted by atomic mass is 127. The van der Waals surface area contributed by atoms with E-state index in [0.29, 0.717) is 6.54 Å². The zero-order valence-electron chi connectivity index (χ0n) is 18.0. The number of nitrogens with zero attached hydrogens (tertiary/aromatic N) is 4. The smallest absolute Gasteiger partial charge is 0.191 e. The normalized spacial score (nSPS) is 18.2. The largest absolute Gasteiger partial charge is 0.357 e. The van der Waals surface area contributed by atoms with Gasteiger partial charge in [0.1, 0.15) is 5.82 Å². The molecule has 0 aromatic carbocycles. The number of halogens is 1. The van der Waals surface area contributed by atoms with Crippen LogP contribution in [0.1, 0.15) is 57.4 Å². The number of aromatic nitrogens is 1. The molecular formula is C22H39IN6. The van der Waals surface area contributed by atoms with Crippen molar-refractivity contribution < 1.29 is 0 Å². The fraction of sp³-hybridized carbons (Fsp3) is 0.727. The molecule has 0 atom stereocenters. The Morgan fingerprint density at radius 3 is 2.48 bits per heavy atom. The summed E-state index contributed by atoms with van der Waals surface area (Å²) in [4.78, 5) is 14.3. The van der Waals surface area contributed by atoms with Crippen LogP contribution in [0.3, 0.4) is 0 Å². The van der Waals surface area contributed by atoms with Crippen molar-refractivity contribution in [1.82, 2.24) is 20.5 Å². The number of aliphatic imine (C=N–C) groups is 1. The van der Waals surface area contributed by atoms with Crippen LogP contribution in [0.25, 0.3) is 0 Å². The molecule has 2 N–H and O–H groups in total. The van der Waals surface area contributed by atoms with E-state index in [-0.39, 0.29) is 24.0 Å². The van der Waals surface area contributed by atoms with E-state index >= 15 is 0 Å². The Bertz CT molecular complexity index is 595. The van der Waals surface area contributed by atoms with Gasteiger partial charge < -0.3 is 20.4 Å². The minimum atomic E-state index is 0. The predicted molar refractivity (Wildman–Crippen MR) is 133 cm³/mol. The van der Waals surface area contributed by atoms with Crippen LogP contribution in [0.5, 0.6) is 0 Å². The van der Waals surface area contributed by atoms with E-state index in [1.807, 2.05) is 6.20 Å². The topological polar surface area (TPSA) is 55.8 Å². The molecule has 1 aromatic heterocycles. The Balaban J connectivity index is 0.00000300. The van der Waals surface area contributed by atoms with E-state index in [0.717, 1.165) is 38.0 Å². The van der Waals surface area contributed by atoms with E-state index in [4.69, 9.17) is 4.99 Å². The van der Waals surface area contributed by atoms with Gasteiger partial charge in [-0.1, -0.05) is 12.8 Å². The lowest BCUT2D eigenvalue weighted by atomic mass is 10.2. The quantitative estimate of drug-likeness (QED) is 0.240. The Morgan fingerprint density at radius 2 is 1.76 bits per heavy atom. The fourth-order valence-corrected chi connectivity index (χ4v) is 4.06. The highest BCUT2D eigenvalue weighted by molar-refractivity contribution is 14.0. The summed E-state index contributed by atoms with van der Waals surface area (Å²) in [5.41, 5.74) is 1.22. The number of guanidine groups is 1. The summed E-state index contributed by atoms with van der Waals surface area (Å²) in [7, 11) is 0. The molecule has 29 heavy (non-hydrogen) atoms. The lowest BCUT2D eigenvalue weighted by Crippen LogP contribution is -2.39. The first-order chi connectivity index (χ1) is 13.8. The zero-order chi connectivity index (χ0) is 19.4. The summed E-state index contributed by atoms with van der Waals surface area (Å²) < 4.78 is 0. The average molecular weight is 515 g/mol. The summed E-state index contributed by atoms with van der Waals surface area (Å²) in [6.07, 6.45) is 11.2. The van der Waals surface area contributed by atoms with Gasteiger partial charge in [-0.3, -0.25) is 0 Å². The summed E-state index contributed by atoms with van der Waals surface area (Å²) in [6.45, 7) is 10.6. The minimum Gasteiger partial charge on any atom is -0.357 e. The Kier molecular flexibility index (Phi) is 11.7. The molecule has 164 valence electrons. The highest BCUT2D eigenvalue weighted by Crippen LogP contribution is 2.18. The van der Waals surface area contributed by atoms with Gasteiger partial charge in [0, 0.05) is 32.4 Å². The third kappa shape index (κ3) is 8.66. The summed E-state index contributed by atoms with van der Waals surface area (Å²) in [5.74, 6) is 2.01.